The standard InChI is InChI=1S/C37H64N6O3.2ClH/c1-5-6-7-8-9-10-14-17-32(44)24-31-20-21-33-34(27(4)40-36(38)43(31)33)35(45)46-26(3)15-12-11-13-16-28-23-30-19-18-29-22-25(2)39-37(41-28)42(29)30;;/h25-26,28-33,44H,5-24H2,1-4H3,(H3,38,39,40,41,45);2*1H/t25-,26-,28+,29+,30-,31-,32-,33-;;/m0../s1. The quantitative estimate of drug-likeness (QED) is 0.0715. The van der Waals surface area contributed by atoms with Gasteiger partial charge in [0.15, 0.2) is 0 Å². The van der Waals surface area contributed by atoms with E-state index in [1.807, 2.05) is 13.8 Å². The van der Waals surface area contributed by atoms with E-state index in [0.717, 1.165) is 56.7 Å². The van der Waals surface area contributed by atoms with Gasteiger partial charge in [0.25, 0.3) is 0 Å². The van der Waals surface area contributed by atoms with Gasteiger partial charge in [0.05, 0.1) is 48.1 Å². The maximum absolute atomic E-state index is 13.5. The molecular weight excluding hydrogens is 647 g/mol. The van der Waals surface area contributed by atoms with Gasteiger partial charge in [-0.1, -0.05) is 64.7 Å². The van der Waals surface area contributed by atoms with E-state index in [9.17, 15) is 9.90 Å². The molecule has 5 aliphatic heterocycles. The van der Waals surface area contributed by atoms with Crippen LogP contribution in [0.15, 0.2) is 11.3 Å². The SMILES string of the molecule is CCCCCCCCC[C@H](O)C[C@@H]1CC[C@H]2C(C(=O)O[C@@H](C)CCCCC[C@@H]3C[C@@H]4CC[C@@H]5C[C@H](C)NC(=[N+]54)N3)=C(C)NC(N)=[N+]12.[Cl-].[Cl-]. The average Bonchev–Trinajstić information content (AvgIpc) is 3.61. The number of carbonyl (C=O) groups excluding carboxylic acids is 1. The van der Waals surface area contributed by atoms with Gasteiger partial charge in [-0.2, -0.15) is 0 Å². The third-order valence-electron chi connectivity index (χ3n) is 11.5. The number of carbonyl (C=O) groups is 1. The van der Waals surface area contributed by atoms with Crippen molar-refractivity contribution < 1.29 is 48.6 Å². The molecule has 2 saturated heterocycles. The highest BCUT2D eigenvalue weighted by Crippen LogP contribution is 2.33. The number of unbranched alkanes of at least 4 members (excludes halogenated alkanes) is 8. The summed E-state index contributed by atoms with van der Waals surface area (Å²) >= 11 is 0. The minimum absolute atomic E-state index is 0. The maximum Gasteiger partial charge on any atom is 0.348 e. The van der Waals surface area contributed by atoms with Crippen LogP contribution in [0.5, 0.6) is 0 Å². The highest BCUT2D eigenvalue weighted by atomic mass is 35.5. The molecule has 5 aliphatic rings. The molecule has 0 aliphatic carbocycles. The van der Waals surface area contributed by atoms with E-state index in [1.54, 1.807) is 0 Å². The summed E-state index contributed by atoms with van der Waals surface area (Å²) in [4.78, 5) is 13.5. The molecule has 11 heteroatoms. The molecule has 0 unspecified atom stereocenters. The van der Waals surface area contributed by atoms with Gasteiger partial charge in [-0.05, 0) is 72.1 Å². The van der Waals surface area contributed by atoms with Crippen molar-refractivity contribution in [2.75, 3.05) is 0 Å². The molecule has 2 fully saturated rings. The van der Waals surface area contributed by atoms with Gasteiger partial charge in [0.1, 0.15) is 11.6 Å². The zero-order chi connectivity index (χ0) is 32.6. The highest BCUT2D eigenvalue weighted by molar-refractivity contribution is 5.93. The van der Waals surface area contributed by atoms with Gasteiger partial charge in [-0.3, -0.25) is 25.5 Å². The molecule has 0 aromatic rings. The summed E-state index contributed by atoms with van der Waals surface area (Å²) in [5.74, 6) is 1.66. The molecule has 8 atom stereocenters. The molecule has 6 N–H and O–H groups in total. The van der Waals surface area contributed by atoms with Crippen molar-refractivity contribution in [1.29, 1.82) is 0 Å². The lowest BCUT2D eigenvalue weighted by Crippen LogP contribution is -3.00. The van der Waals surface area contributed by atoms with E-state index in [0.29, 0.717) is 36.1 Å². The maximum atomic E-state index is 13.5. The second-order valence-electron chi connectivity index (χ2n) is 15.4. The van der Waals surface area contributed by atoms with Crippen molar-refractivity contribution >= 4 is 17.9 Å². The minimum Gasteiger partial charge on any atom is -1.00 e. The van der Waals surface area contributed by atoms with Gasteiger partial charge < -0.3 is 34.7 Å². The van der Waals surface area contributed by atoms with E-state index in [4.69, 9.17) is 10.5 Å². The first-order valence-corrected chi connectivity index (χ1v) is 19.2. The lowest BCUT2D eigenvalue weighted by molar-refractivity contribution is -0.593. The normalized spacial score (nSPS) is 28.7. The van der Waals surface area contributed by atoms with E-state index in [-0.39, 0.29) is 55.1 Å². The number of aliphatic hydroxyl groups excluding tert-OH is 1. The van der Waals surface area contributed by atoms with Crippen molar-refractivity contribution in [3.63, 3.8) is 0 Å². The fourth-order valence-electron chi connectivity index (χ4n) is 9.15. The van der Waals surface area contributed by atoms with Gasteiger partial charge in [0, 0.05) is 19.3 Å². The van der Waals surface area contributed by atoms with Crippen molar-refractivity contribution in [2.45, 2.75) is 205 Å². The molecule has 0 amide bonds. The zero-order valence-corrected chi connectivity index (χ0v) is 31.8. The smallest absolute Gasteiger partial charge is 0.348 e. The Morgan fingerprint density at radius 1 is 0.917 bits per heavy atom. The van der Waals surface area contributed by atoms with Crippen LogP contribution >= 0.6 is 0 Å². The Kier molecular flexibility index (Phi) is 16.6. The molecule has 0 spiro atoms. The minimum atomic E-state index is -0.334. The molecule has 0 radical (unpaired) electrons. The van der Waals surface area contributed by atoms with Gasteiger partial charge in [-0.25, -0.2) is 10.1 Å². The third kappa shape index (κ3) is 10.4. The van der Waals surface area contributed by atoms with Crippen molar-refractivity contribution in [3.05, 3.63) is 11.3 Å². The van der Waals surface area contributed by atoms with Crippen LogP contribution in [0.3, 0.4) is 0 Å². The summed E-state index contributed by atoms with van der Waals surface area (Å²) in [5, 5.41) is 21.6. The molecule has 0 saturated carbocycles. The fraction of sp³-hybridized carbons (Fsp3) is 0.865. The van der Waals surface area contributed by atoms with Crippen molar-refractivity contribution in [1.82, 2.24) is 16.0 Å². The van der Waals surface area contributed by atoms with Crippen LogP contribution < -0.4 is 46.5 Å². The fourth-order valence-corrected chi connectivity index (χ4v) is 9.15. The second-order valence-corrected chi connectivity index (χ2v) is 15.4. The number of halogens is 2. The largest absolute Gasteiger partial charge is 1.00 e. The summed E-state index contributed by atoms with van der Waals surface area (Å²) < 4.78 is 10.8. The number of nitrogens with zero attached hydrogens (tertiary/aromatic N) is 2. The molecule has 5 rings (SSSR count). The molecule has 276 valence electrons. The van der Waals surface area contributed by atoms with Crippen molar-refractivity contribution in [2.24, 2.45) is 5.73 Å². The number of rotatable bonds is 18. The topological polar surface area (TPSA) is 115 Å². The second kappa shape index (κ2) is 19.6. The lowest BCUT2D eigenvalue weighted by atomic mass is 9.97. The van der Waals surface area contributed by atoms with Crippen LogP contribution in [0, 0.1) is 0 Å². The number of esters is 1. The first kappa shape index (κ1) is 40.7. The summed E-state index contributed by atoms with van der Waals surface area (Å²) in [5.41, 5.74) is 7.98. The predicted octanol–water partition coefficient (Wildman–Crippen LogP) is -0.853. The summed E-state index contributed by atoms with van der Waals surface area (Å²) in [7, 11) is 0. The Bertz CT molecular complexity index is 1150. The Balaban J connectivity index is 0.00000312. The zero-order valence-electron chi connectivity index (χ0n) is 30.3. The number of hydrogen-bond acceptors (Lipinski definition) is 7. The first-order valence-electron chi connectivity index (χ1n) is 19.2. The number of guanidine groups is 2. The molecular formula is C37H66Cl2N6O3. The Labute approximate surface area is 303 Å². The highest BCUT2D eigenvalue weighted by Gasteiger charge is 2.46. The van der Waals surface area contributed by atoms with Crippen LogP contribution in [-0.2, 0) is 9.53 Å². The lowest BCUT2D eigenvalue weighted by Gasteiger charge is -2.35. The Morgan fingerprint density at radius 2 is 1.58 bits per heavy atom. The molecule has 9 nitrogen and oxygen atoms in total. The number of allylic oxidation sites excluding steroid dienone is 1. The van der Waals surface area contributed by atoms with Crippen molar-refractivity contribution in [3.8, 4) is 0 Å². The Morgan fingerprint density at radius 3 is 2.33 bits per heavy atom. The van der Waals surface area contributed by atoms with E-state index >= 15 is 0 Å². The summed E-state index contributed by atoms with van der Waals surface area (Å²) in [6.45, 7) is 8.51. The number of hydrogen-bond donors (Lipinski definition) is 5. The first-order chi connectivity index (χ1) is 22.2. The summed E-state index contributed by atoms with van der Waals surface area (Å²) in [6.07, 6.45) is 22.3. The molecule has 48 heavy (non-hydrogen) atoms. The van der Waals surface area contributed by atoms with Crippen LogP contribution in [0.2, 0.25) is 0 Å². The predicted molar refractivity (Wildman–Crippen MR) is 185 cm³/mol. The van der Waals surface area contributed by atoms with E-state index < -0.39 is 0 Å². The van der Waals surface area contributed by atoms with Gasteiger partial charge in [0.2, 0.25) is 0 Å². The average molecular weight is 714 g/mol. The monoisotopic (exact) mass is 712 g/mol. The number of nitrogens with two attached hydrogens (primary N) is 1. The molecule has 5 heterocycles. The third-order valence-corrected chi connectivity index (χ3v) is 11.5. The van der Waals surface area contributed by atoms with E-state index in [2.05, 4.69) is 38.9 Å². The number of aliphatic hydroxyl groups is 1. The number of fused-ring (bicyclic) bond motifs is 1. The molecule has 0 bridgehead atoms. The number of ether oxygens (including phenoxy) is 1. The Hall–Kier alpha value is -1.71. The van der Waals surface area contributed by atoms with Crippen LogP contribution in [0.4, 0.5) is 0 Å². The van der Waals surface area contributed by atoms with E-state index in [1.165, 1.54) is 83.0 Å². The number of nitrogens with one attached hydrogen (secondary N) is 3. The molecule has 0 aromatic heterocycles. The van der Waals surface area contributed by atoms with Crippen LogP contribution in [-0.4, -0.2) is 80.6 Å². The van der Waals surface area contributed by atoms with Crippen LogP contribution in [0.25, 0.3) is 0 Å². The van der Waals surface area contributed by atoms with Gasteiger partial charge in [-0.15, -0.1) is 0 Å². The summed E-state index contributed by atoms with van der Waals surface area (Å²) in [6, 6.07) is 2.60. The van der Waals surface area contributed by atoms with Crippen LogP contribution in [0.1, 0.15) is 156 Å². The van der Waals surface area contributed by atoms with Gasteiger partial charge >= 0.3 is 17.9 Å². The molecule has 0 aromatic carbocycles.